The maximum atomic E-state index is 12.2. The average Bonchev–Trinajstić information content (AvgIpc) is 2.55. The third-order valence-electron chi connectivity index (χ3n) is 4.33. The van der Waals surface area contributed by atoms with Crippen LogP contribution in [0.15, 0.2) is 60.7 Å². The van der Waals surface area contributed by atoms with E-state index in [4.69, 9.17) is 0 Å². The lowest BCUT2D eigenvalue weighted by Gasteiger charge is -2.27. The van der Waals surface area contributed by atoms with E-state index in [-0.39, 0.29) is 11.8 Å². The van der Waals surface area contributed by atoms with Crippen molar-refractivity contribution in [2.24, 2.45) is 0 Å². The highest BCUT2D eigenvalue weighted by Crippen LogP contribution is 2.40. The first-order valence-corrected chi connectivity index (χ1v) is 7.97. The summed E-state index contributed by atoms with van der Waals surface area (Å²) in [6.45, 7) is 0. The SMILES string of the molecule is O=C1CC(c2ccc(P)cc2)c2ccc3ccccc3c2N1. The van der Waals surface area contributed by atoms with Crippen LogP contribution < -0.4 is 10.6 Å². The molecule has 4 rings (SSSR count). The van der Waals surface area contributed by atoms with Crippen molar-refractivity contribution < 1.29 is 4.79 Å². The minimum atomic E-state index is 0.0869. The highest BCUT2D eigenvalue weighted by Gasteiger charge is 2.27. The largest absolute Gasteiger partial charge is 0.325 e. The van der Waals surface area contributed by atoms with E-state index in [0.717, 1.165) is 21.8 Å². The van der Waals surface area contributed by atoms with Gasteiger partial charge in [0.15, 0.2) is 0 Å². The van der Waals surface area contributed by atoms with Gasteiger partial charge in [0.05, 0.1) is 5.69 Å². The molecule has 0 bridgehead atoms. The molecule has 1 aliphatic heterocycles. The minimum absolute atomic E-state index is 0.0869. The van der Waals surface area contributed by atoms with E-state index < -0.39 is 0 Å². The number of amides is 1. The van der Waals surface area contributed by atoms with E-state index in [9.17, 15) is 4.79 Å². The Morgan fingerprint density at radius 2 is 1.73 bits per heavy atom. The molecule has 3 aromatic carbocycles. The second kappa shape index (κ2) is 5.23. The summed E-state index contributed by atoms with van der Waals surface area (Å²) in [6, 6.07) is 20.9. The van der Waals surface area contributed by atoms with Crippen molar-refractivity contribution in [3.63, 3.8) is 0 Å². The standard InChI is InChI=1S/C19H16NOP/c21-18-11-17(13-5-8-14(22)9-6-13)16-10-7-12-3-1-2-4-15(12)19(16)20-18/h1-10,17H,11,22H2,(H,20,21). The first kappa shape index (κ1) is 13.5. The normalized spacial score (nSPS) is 17.1. The van der Waals surface area contributed by atoms with Crippen LogP contribution in [0.3, 0.4) is 0 Å². The predicted molar refractivity (Wildman–Crippen MR) is 94.8 cm³/mol. The lowest BCUT2D eigenvalue weighted by atomic mass is 9.83. The van der Waals surface area contributed by atoms with Crippen LogP contribution in [-0.4, -0.2) is 5.91 Å². The fourth-order valence-corrected chi connectivity index (χ4v) is 3.42. The molecule has 2 atom stereocenters. The summed E-state index contributed by atoms with van der Waals surface area (Å²) in [5.74, 6) is 0.211. The summed E-state index contributed by atoms with van der Waals surface area (Å²) in [7, 11) is 2.70. The monoisotopic (exact) mass is 305 g/mol. The molecule has 3 heteroatoms. The zero-order chi connectivity index (χ0) is 15.1. The maximum absolute atomic E-state index is 12.2. The molecule has 0 saturated heterocycles. The smallest absolute Gasteiger partial charge is 0.225 e. The van der Waals surface area contributed by atoms with E-state index in [1.54, 1.807) is 0 Å². The van der Waals surface area contributed by atoms with Crippen LogP contribution in [0, 0.1) is 0 Å². The fourth-order valence-electron chi connectivity index (χ4n) is 3.23. The van der Waals surface area contributed by atoms with Crippen LogP contribution in [0.2, 0.25) is 0 Å². The second-order valence-corrected chi connectivity index (χ2v) is 6.39. The Hall–Kier alpha value is -2.18. The lowest BCUT2D eigenvalue weighted by Crippen LogP contribution is -2.23. The molecule has 1 heterocycles. The van der Waals surface area contributed by atoms with Gasteiger partial charge < -0.3 is 5.32 Å². The number of carbonyl (C=O) groups excluding carboxylic acids is 1. The Bertz CT molecular complexity index is 870. The fraction of sp³-hybridized carbons (Fsp3) is 0.105. The van der Waals surface area contributed by atoms with E-state index >= 15 is 0 Å². The van der Waals surface area contributed by atoms with Crippen LogP contribution in [0.4, 0.5) is 5.69 Å². The Labute approximate surface area is 131 Å². The highest BCUT2D eigenvalue weighted by atomic mass is 31.0. The number of anilines is 1. The predicted octanol–water partition coefficient (Wildman–Crippen LogP) is 3.81. The summed E-state index contributed by atoms with van der Waals surface area (Å²) < 4.78 is 0. The molecular weight excluding hydrogens is 289 g/mol. The first-order chi connectivity index (χ1) is 10.7. The number of hydrogen-bond acceptors (Lipinski definition) is 1. The molecule has 0 aliphatic carbocycles. The topological polar surface area (TPSA) is 29.1 Å². The Morgan fingerprint density at radius 1 is 0.955 bits per heavy atom. The Kier molecular flexibility index (Phi) is 3.20. The van der Waals surface area contributed by atoms with Gasteiger partial charge in [-0.3, -0.25) is 4.79 Å². The zero-order valence-electron chi connectivity index (χ0n) is 12.0. The molecule has 1 aliphatic rings. The van der Waals surface area contributed by atoms with Gasteiger partial charge in [0.2, 0.25) is 5.91 Å². The summed E-state index contributed by atoms with van der Waals surface area (Å²) >= 11 is 0. The van der Waals surface area contributed by atoms with E-state index in [2.05, 4.69) is 63.1 Å². The van der Waals surface area contributed by atoms with Gasteiger partial charge in [-0.25, -0.2) is 0 Å². The Morgan fingerprint density at radius 3 is 2.55 bits per heavy atom. The van der Waals surface area contributed by atoms with Crippen LogP contribution in [0.5, 0.6) is 0 Å². The van der Waals surface area contributed by atoms with Crippen molar-refractivity contribution in [1.29, 1.82) is 0 Å². The third-order valence-corrected chi connectivity index (χ3v) is 4.71. The van der Waals surface area contributed by atoms with Crippen molar-refractivity contribution in [3.8, 4) is 0 Å². The molecule has 0 saturated carbocycles. The minimum Gasteiger partial charge on any atom is -0.325 e. The lowest BCUT2D eigenvalue weighted by molar-refractivity contribution is -0.116. The molecule has 22 heavy (non-hydrogen) atoms. The summed E-state index contributed by atoms with van der Waals surface area (Å²) in [4.78, 5) is 12.2. The molecule has 108 valence electrons. The van der Waals surface area contributed by atoms with Gasteiger partial charge in [0.25, 0.3) is 0 Å². The number of carbonyl (C=O) groups is 1. The quantitative estimate of drug-likeness (QED) is 0.681. The molecule has 2 nitrogen and oxygen atoms in total. The van der Waals surface area contributed by atoms with Crippen molar-refractivity contribution >= 4 is 36.9 Å². The molecule has 0 fully saturated rings. The first-order valence-electron chi connectivity index (χ1n) is 7.39. The van der Waals surface area contributed by atoms with Crippen molar-refractivity contribution in [2.45, 2.75) is 12.3 Å². The molecule has 0 radical (unpaired) electrons. The maximum Gasteiger partial charge on any atom is 0.225 e. The van der Waals surface area contributed by atoms with Gasteiger partial charge in [0.1, 0.15) is 0 Å². The third kappa shape index (κ3) is 2.20. The number of nitrogens with one attached hydrogen (secondary N) is 1. The van der Waals surface area contributed by atoms with Crippen LogP contribution in [0.1, 0.15) is 23.5 Å². The molecular formula is C19H16NOP. The number of fused-ring (bicyclic) bond motifs is 3. The van der Waals surface area contributed by atoms with Gasteiger partial charge in [0, 0.05) is 17.7 Å². The van der Waals surface area contributed by atoms with E-state index in [1.807, 2.05) is 12.1 Å². The van der Waals surface area contributed by atoms with E-state index in [0.29, 0.717) is 6.42 Å². The number of hydrogen-bond donors (Lipinski definition) is 1. The van der Waals surface area contributed by atoms with Crippen molar-refractivity contribution in [3.05, 3.63) is 71.8 Å². The van der Waals surface area contributed by atoms with Crippen molar-refractivity contribution in [1.82, 2.24) is 0 Å². The molecule has 1 amide bonds. The van der Waals surface area contributed by atoms with E-state index in [1.165, 1.54) is 11.1 Å². The molecule has 0 aromatic heterocycles. The van der Waals surface area contributed by atoms with Gasteiger partial charge >= 0.3 is 0 Å². The van der Waals surface area contributed by atoms with Gasteiger partial charge in [-0.05, 0) is 21.8 Å². The van der Waals surface area contributed by atoms with Gasteiger partial charge in [-0.15, -0.1) is 9.24 Å². The van der Waals surface area contributed by atoms with Crippen LogP contribution >= 0.6 is 9.24 Å². The van der Waals surface area contributed by atoms with Gasteiger partial charge in [-0.2, -0.15) is 0 Å². The summed E-state index contributed by atoms with van der Waals surface area (Å²) in [6.07, 6.45) is 0.502. The zero-order valence-corrected chi connectivity index (χ0v) is 13.2. The molecule has 1 N–H and O–H groups in total. The number of benzene rings is 3. The Balaban J connectivity index is 1.92. The molecule has 0 spiro atoms. The second-order valence-electron chi connectivity index (χ2n) is 5.72. The van der Waals surface area contributed by atoms with Gasteiger partial charge in [-0.1, -0.05) is 60.7 Å². The molecule has 3 aromatic rings. The average molecular weight is 305 g/mol. The highest BCUT2D eigenvalue weighted by molar-refractivity contribution is 7.27. The van der Waals surface area contributed by atoms with Crippen LogP contribution in [-0.2, 0) is 4.79 Å². The summed E-state index contributed by atoms with van der Waals surface area (Å²) in [5.41, 5.74) is 3.36. The molecule has 2 unspecified atom stereocenters. The summed E-state index contributed by atoms with van der Waals surface area (Å²) in [5, 5.41) is 6.49. The van der Waals surface area contributed by atoms with Crippen LogP contribution in [0.25, 0.3) is 10.8 Å². The number of rotatable bonds is 1. The van der Waals surface area contributed by atoms with Crippen molar-refractivity contribution in [2.75, 3.05) is 5.32 Å².